The molecular weight excluding hydrogens is 478 g/mol. The highest BCUT2D eigenvalue weighted by Crippen LogP contribution is 2.33. The molecule has 6 nitrogen and oxygen atoms in total. The number of nitrogens with one attached hydrogen (secondary N) is 1. The van der Waals surface area contributed by atoms with E-state index in [2.05, 4.69) is 5.32 Å². The summed E-state index contributed by atoms with van der Waals surface area (Å²) in [5, 5.41) is 3.09. The Morgan fingerprint density at radius 3 is 2.16 bits per heavy atom. The van der Waals surface area contributed by atoms with Crippen LogP contribution in [0.4, 0.5) is 8.78 Å². The monoisotopic (exact) mass is 506 g/mol. The van der Waals surface area contributed by atoms with Gasteiger partial charge in [0.1, 0.15) is 30.9 Å². The first-order chi connectivity index (χ1) is 18.0. The highest BCUT2D eigenvalue weighted by molar-refractivity contribution is 5.98. The Morgan fingerprint density at radius 2 is 1.49 bits per heavy atom. The zero-order chi connectivity index (χ0) is 25.8. The van der Waals surface area contributed by atoms with Crippen LogP contribution >= 0.6 is 0 Å². The van der Waals surface area contributed by atoms with E-state index in [0.29, 0.717) is 41.4 Å². The number of benzene rings is 3. The van der Waals surface area contributed by atoms with Gasteiger partial charge in [-0.25, -0.2) is 8.78 Å². The van der Waals surface area contributed by atoms with Crippen LogP contribution in [0.3, 0.4) is 0 Å². The second kappa shape index (κ2) is 11.0. The first kappa shape index (κ1) is 24.7. The lowest BCUT2D eigenvalue weighted by molar-refractivity contribution is -0.126. The van der Waals surface area contributed by atoms with E-state index in [1.807, 2.05) is 0 Å². The van der Waals surface area contributed by atoms with Crippen LogP contribution in [0.5, 0.6) is 11.5 Å². The molecule has 1 atom stereocenters. The van der Waals surface area contributed by atoms with Crippen molar-refractivity contribution >= 4 is 11.8 Å². The van der Waals surface area contributed by atoms with Gasteiger partial charge in [-0.1, -0.05) is 37.1 Å². The van der Waals surface area contributed by atoms with E-state index < -0.39 is 23.6 Å². The van der Waals surface area contributed by atoms with Crippen molar-refractivity contribution in [2.45, 2.75) is 44.3 Å². The fourth-order valence-electron chi connectivity index (χ4n) is 4.88. The summed E-state index contributed by atoms with van der Waals surface area (Å²) in [6.45, 7) is 0.824. The minimum absolute atomic E-state index is 0.0208. The zero-order valence-corrected chi connectivity index (χ0v) is 20.3. The fourth-order valence-corrected chi connectivity index (χ4v) is 4.88. The third kappa shape index (κ3) is 5.74. The molecule has 8 heteroatoms. The number of halogens is 2. The molecule has 0 saturated heterocycles. The van der Waals surface area contributed by atoms with Crippen molar-refractivity contribution in [3.63, 3.8) is 0 Å². The summed E-state index contributed by atoms with van der Waals surface area (Å²) in [6.07, 6.45) is 3.80. The number of hydrogen-bond donors (Lipinski definition) is 1. The van der Waals surface area contributed by atoms with Crippen molar-refractivity contribution in [1.82, 2.24) is 10.2 Å². The third-order valence-corrected chi connectivity index (χ3v) is 6.76. The number of carbonyl (C=O) groups is 2. The van der Waals surface area contributed by atoms with Gasteiger partial charge in [0.15, 0.2) is 11.5 Å². The number of amides is 2. The highest BCUT2D eigenvalue weighted by Gasteiger charge is 2.34. The van der Waals surface area contributed by atoms with E-state index in [1.165, 1.54) is 41.3 Å². The number of carbonyl (C=O) groups excluding carboxylic acids is 2. The van der Waals surface area contributed by atoms with Crippen LogP contribution in [-0.2, 0) is 11.3 Å². The maximum absolute atomic E-state index is 14.0. The fraction of sp³-hybridized carbons (Fsp3) is 0.310. The van der Waals surface area contributed by atoms with E-state index in [1.54, 1.807) is 30.3 Å². The number of hydrogen-bond acceptors (Lipinski definition) is 4. The van der Waals surface area contributed by atoms with Crippen LogP contribution in [0.15, 0.2) is 66.7 Å². The Hall–Kier alpha value is -3.94. The van der Waals surface area contributed by atoms with Crippen molar-refractivity contribution in [3.05, 3.63) is 95.1 Å². The second-order valence-corrected chi connectivity index (χ2v) is 9.36. The van der Waals surface area contributed by atoms with E-state index in [9.17, 15) is 18.4 Å². The molecule has 1 heterocycles. The van der Waals surface area contributed by atoms with Crippen LogP contribution in [0.25, 0.3) is 0 Å². The third-order valence-electron chi connectivity index (χ3n) is 6.76. The Labute approximate surface area is 214 Å². The standard InChI is InChI=1S/C29H28F2N2O4/c30-22-10-5-19(6-11-22)18-33(29(35)21-9-14-25-26(17-21)37-16-15-36-25)27(20-7-12-23(31)13-8-20)28(34)32-24-3-1-2-4-24/h5-14,17,24,27H,1-4,15-16,18H2,(H,32,34). The molecule has 0 aromatic heterocycles. The van der Waals surface area contributed by atoms with Crippen molar-refractivity contribution < 1.29 is 27.8 Å². The smallest absolute Gasteiger partial charge is 0.255 e. The molecule has 3 aromatic carbocycles. The first-order valence-electron chi connectivity index (χ1n) is 12.5. The van der Waals surface area contributed by atoms with Crippen LogP contribution < -0.4 is 14.8 Å². The van der Waals surface area contributed by atoms with E-state index in [4.69, 9.17) is 9.47 Å². The largest absolute Gasteiger partial charge is 0.486 e. The van der Waals surface area contributed by atoms with Gasteiger partial charge in [0.05, 0.1) is 0 Å². The summed E-state index contributed by atoms with van der Waals surface area (Å²) in [5.41, 5.74) is 1.44. The minimum atomic E-state index is -1.04. The Bertz CT molecular complexity index is 1260. The Balaban J connectivity index is 1.55. The molecule has 2 aliphatic rings. The van der Waals surface area contributed by atoms with Crippen molar-refractivity contribution in [2.24, 2.45) is 0 Å². The molecule has 3 aromatic rings. The quantitative estimate of drug-likeness (QED) is 0.480. The highest BCUT2D eigenvalue weighted by atomic mass is 19.1. The van der Waals surface area contributed by atoms with Gasteiger partial charge in [0, 0.05) is 18.2 Å². The summed E-state index contributed by atoms with van der Waals surface area (Å²) in [6, 6.07) is 15.3. The van der Waals surface area contributed by atoms with Crippen molar-refractivity contribution in [2.75, 3.05) is 13.2 Å². The summed E-state index contributed by atoms with van der Waals surface area (Å²) in [7, 11) is 0. The summed E-state index contributed by atoms with van der Waals surface area (Å²) < 4.78 is 38.7. The predicted octanol–water partition coefficient (Wildman–Crippen LogP) is 5.18. The van der Waals surface area contributed by atoms with E-state index in [0.717, 1.165) is 25.7 Å². The Morgan fingerprint density at radius 1 is 0.865 bits per heavy atom. The molecule has 2 amide bonds. The van der Waals surface area contributed by atoms with Gasteiger partial charge in [0.2, 0.25) is 5.91 Å². The lowest BCUT2D eigenvalue weighted by Crippen LogP contribution is -2.46. The average Bonchev–Trinajstić information content (AvgIpc) is 3.43. The summed E-state index contributed by atoms with van der Waals surface area (Å²) >= 11 is 0. The van der Waals surface area contributed by atoms with E-state index in [-0.39, 0.29) is 18.5 Å². The van der Waals surface area contributed by atoms with Crippen molar-refractivity contribution in [1.29, 1.82) is 0 Å². The molecule has 37 heavy (non-hydrogen) atoms. The molecule has 1 aliphatic heterocycles. The molecule has 192 valence electrons. The molecule has 0 bridgehead atoms. The molecule has 0 radical (unpaired) electrons. The first-order valence-corrected chi connectivity index (χ1v) is 12.5. The summed E-state index contributed by atoms with van der Waals surface area (Å²) in [4.78, 5) is 29.2. The lowest BCUT2D eigenvalue weighted by atomic mass is 10.0. The number of rotatable bonds is 7. The maximum Gasteiger partial charge on any atom is 0.255 e. The Kier molecular flexibility index (Phi) is 7.35. The van der Waals surface area contributed by atoms with Gasteiger partial charge in [-0.15, -0.1) is 0 Å². The molecule has 5 rings (SSSR count). The minimum Gasteiger partial charge on any atom is -0.486 e. The lowest BCUT2D eigenvalue weighted by Gasteiger charge is -2.33. The van der Waals surface area contributed by atoms with Crippen LogP contribution in [0.2, 0.25) is 0 Å². The molecule has 1 unspecified atom stereocenters. The normalized spacial score (nSPS) is 15.7. The SMILES string of the molecule is O=C(NC1CCCC1)C(c1ccc(F)cc1)N(Cc1ccc(F)cc1)C(=O)c1ccc2c(c1)OCCO2. The van der Waals surface area contributed by atoms with Gasteiger partial charge >= 0.3 is 0 Å². The van der Waals surface area contributed by atoms with Gasteiger partial charge in [-0.3, -0.25) is 9.59 Å². The summed E-state index contributed by atoms with van der Waals surface area (Å²) in [5.74, 6) is -0.609. The average molecular weight is 507 g/mol. The predicted molar refractivity (Wildman–Crippen MR) is 133 cm³/mol. The number of nitrogens with zero attached hydrogens (tertiary/aromatic N) is 1. The topological polar surface area (TPSA) is 67.9 Å². The zero-order valence-electron chi connectivity index (χ0n) is 20.3. The van der Waals surface area contributed by atoms with Gasteiger partial charge < -0.3 is 19.7 Å². The molecule has 1 aliphatic carbocycles. The van der Waals surface area contributed by atoms with Gasteiger partial charge in [0.25, 0.3) is 5.91 Å². The maximum atomic E-state index is 14.0. The van der Waals surface area contributed by atoms with Crippen LogP contribution in [-0.4, -0.2) is 36.0 Å². The van der Waals surface area contributed by atoms with Crippen molar-refractivity contribution in [3.8, 4) is 11.5 Å². The van der Waals surface area contributed by atoms with Gasteiger partial charge in [-0.2, -0.15) is 0 Å². The number of ether oxygens (including phenoxy) is 2. The second-order valence-electron chi connectivity index (χ2n) is 9.36. The van der Waals surface area contributed by atoms with Crippen LogP contribution in [0.1, 0.15) is 53.2 Å². The van der Waals surface area contributed by atoms with E-state index >= 15 is 0 Å². The van der Waals surface area contributed by atoms with Gasteiger partial charge in [-0.05, 0) is 66.4 Å². The van der Waals surface area contributed by atoms with Crippen LogP contribution in [0, 0.1) is 11.6 Å². The number of fused-ring (bicyclic) bond motifs is 1. The molecule has 1 saturated carbocycles. The molecule has 1 fully saturated rings. The molecule has 0 spiro atoms. The molecule has 1 N–H and O–H groups in total. The molecular formula is C29H28F2N2O4.